The van der Waals surface area contributed by atoms with Crippen molar-refractivity contribution < 1.29 is 9.18 Å². The van der Waals surface area contributed by atoms with E-state index in [2.05, 4.69) is 41.7 Å². The molecular weight excluding hydrogens is 459 g/mol. The van der Waals surface area contributed by atoms with E-state index in [9.17, 15) is 14.0 Å². The number of amides is 2. The molecule has 0 saturated heterocycles. The number of urea groups is 1. The summed E-state index contributed by atoms with van der Waals surface area (Å²) in [6.45, 7) is 8.60. The molecule has 3 heterocycles. The molecule has 3 aromatic heterocycles. The Balaban J connectivity index is 1.66. The minimum absolute atomic E-state index is 0.0264. The Morgan fingerprint density at radius 1 is 1.11 bits per heavy atom. The van der Waals surface area contributed by atoms with Crippen LogP contribution < -0.4 is 21.5 Å². The maximum atomic E-state index is 14.7. The van der Waals surface area contributed by atoms with Crippen LogP contribution in [0.5, 0.6) is 0 Å². The number of carbonyl (C=O) groups excluding carboxylic acids is 1. The number of nitrogens with one attached hydrogen (secondary N) is 3. The molecule has 0 atom stereocenters. The van der Waals surface area contributed by atoms with Crippen LogP contribution in [0.15, 0.2) is 53.6 Å². The van der Waals surface area contributed by atoms with Gasteiger partial charge in [0.05, 0.1) is 11.2 Å². The first-order valence-electron chi connectivity index (χ1n) is 11.8. The molecule has 4 aromatic rings. The normalized spacial score (nSPS) is 11.5. The number of hydrogen-bond donors (Lipinski definition) is 3. The zero-order chi connectivity index (χ0) is 26.2. The van der Waals surface area contributed by atoms with Crippen molar-refractivity contribution >= 4 is 34.3 Å². The summed E-state index contributed by atoms with van der Waals surface area (Å²) >= 11 is 0. The number of nitrogens with zero attached hydrogens (tertiary/aromatic N) is 3. The van der Waals surface area contributed by atoms with Gasteiger partial charge in [0.15, 0.2) is 0 Å². The van der Waals surface area contributed by atoms with Crippen LogP contribution in [0.4, 0.5) is 26.5 Å². The first-order chi connectivity index (χ1) is 17.0. The Morgan fingerprint density at radius 2 is 1.86 bits per heavy atom. The Hall–Kier alpha value is -4.14. The van der Waals surface area contributed by atoms with Crippen molar-refractivity contribution in [1.29, 1.82) is 0 Å². The largest absolute Gasteiger partial charge is 0.373 e. The van der Waals surface area contributed by atoms with E-state index in [0.717, 1.165) is 16.5 Å². The summed E-state index contributed by atoms with van der Waals surface area (Å²) in [6, 6.07) is 9.12. The molecule has 0 aliphatic carbocycles. The molecule has 8 nitrogen and oxygen atoms in total. The maximum absolute atomic E-state index is 14.7. The summed E-state index contributed by atoms with van der Waals surface area (Å²) in [6.07, 6.45) is 3.64. The van der Waals surface area contributed by atoms with Crippen molar-refractivity contribution in [2.75, 3.05) is 23.0 Å². The fourth-order valence-electron chi connectivity index (χ4n) is 4.09. The molecule has 2 amide bonds. The Labute approximate surface area is 209 Å². The van der Waals surface area contributed by atoms with Gasteiger partial charge in [-0.1, -0.05) is 26.8 Å². The van der Waals surface area contributed by atoms with Gasteiger partial charge in [0.2, 0.25) is 0 Å². The minimum Gasteiger partial charge on any atom is -0.373 e. The third-order valence-corrected chi connectivity index (χ3v) is 6.19. The number of aromatic nitrogens is 3. The van der Waals surface area contributed by atoms with Crippen LogP contribution >= 0.6 is 0 Å². The highest BCUT2D eigenvalue weighted by Crippen LogP contribution is 2.28. The van der Waals surface area contributed by atoms with Crippen LogP contribution in [0.25, 0.3) is 22.0 Å². The molecule has 0 spiro atoms. The first kappa shape index (κ1) is 25.0. The van der Waals surface area contributed by atoms with Crippen molar-refractivity contribution in [2.24, 2.45) is 7.05 Å². The van der Waals surface area contributed by atoms with Gasteiger partial charge in [0.1, 0.15) is 17.5 Å². The molecule has 0 unspecified atom stereocenters. The Morgan fingerprint density at radius 3 is 2.50 bits per heavy atom. The van der Waals surface area contributed by atoms with Crippen LogP contribution in [-0.2, 0) is 19.0 Å². The number of benzene rings is 1. The van der Waals surface area contributed by atoms with E-state index >= 15 is 0 Å². The van der Waals surface area contributed by atoms with Crippen molar-refractivity contribution in [3.63, 3.8) is 0 Å². The van der Waals surface area contributed by atoms with Crippen LogP contribution in [0.2, 0.25) is 0 Å². The van der Waals surface area contributed by atoms with E-state index in [4.69, 9.17) is 0 Å². The minimum atomic E-state index is -0.604. The van der Waals surface area contributed by atoms with Gasteiger partial charge in [-0.05, 0) is 47.7 Å². The van der Waals surface area contributed by atoms with E-state index < -0.39 is 11.8 Å². The van der Waals surface area contributed by atoms with Gasteiger partial charge in [-0.3, -0.25) is 10.1 Å². The van der Waals surface area contributed by atoms with Crippen molar-refractivity contribution in [3.05, 3.63) is 70.5 Å². The predicted octanol–water partition coefficient (Wildman–Crippen LogP) is 5.54. The second-order valence-electron chi connectivity index (χ2n) is 9.73. The lowest BCUT2D eigenvalue weighted by molar-refractivity contribution is 0.262. The Bertz CT molecular complexity index is 1510. The van der Waals surface area contributed by atoms with Crippen LogP contribution in [0, 0.1) is 5.82 Å². The number of carbonyl (C=O) groups is 1. The number of aryl methyl sites for hydroxylation is 2. The quantitative estimate of drug-likeness (QED) is 0.342. The standard InChI is InChI=1S/C27H31FN6O2/c1-7-34-22-13-23(29-5)30-14-17(22)10-19(25(34)35)16-8-9-20(28)21(11-16)31-26(36)32-24-12-18(15-33(24)6)27(2,3)4/h8-15H,7H2,1-6H3,(H,29,30)(H2,31,32,36). The fraction of sp³-hybridized carbons (Fsp3) is 0.296. The number of rotatable bonds is 5. The smallest absolute Gasteiger partial charge is 0.324 e. The molecule has 0 fully saturated rings. The number of anilines is 3. The van der Waals surface area contributed by atoms with Crippen molar-refractivity contribution in [1.82, 2.24) is 14.1 Å². The van der Waals surface area contributed by atoms with E-state index in [0.29, 0.717) is 29.3 Å². The summed E-state index contributed by atoms with van der Waals surface area (Å²) in [7, 11) is 3.60. The number of hydrogen-bond acceptors (Lipinski definition) is 4. The van der Waals surface area contributed by atoms with E-state index in [1.807, 2.05) is 36.9 Å². The lowest BCUT2D eigenvalue weighted by Crippen LogP contribution is -2.22. The molecular formula is C27H31FN6O2. The topological polar surface area (TPSA) is 93.0 Å². The van der Waals surface area contributed by atoms with E-state index in [-0.39, 0.29) is 16.7 Å². The van der Waals surface area contributed by atoms with E-state index in [1.165, 1.54) is 18.2 Å². The summed E-state index contributed by atoms with van der Waals surface area (Å²) in [5.41, 5.74) is 2.39. The second kappa shape index (κ2) is 9.49. The molecule has 36 heavy (non-hydrogen) atoms. The third kappa shape index (κ3) is 4.82. The lowest BCUT2D eigenvalue weighted by atomic mass is 9.89. The monoisotopic (exact) mass is 490 g/mol. The van der Waals surface area contributed by atoms with Gasteiger partial charge in [-0.2, -0.15) is 0 Å². The van der Waals surface area contributed by atoms with Crippen LogP contribution in [0.1, 0.15) is 33.3 Å². The number of halogens is 1. The van der Waals surface area contributed by atoms with Gasteiger partial charge < -0.3 is 19.8 Å². The highest BCUT2D eigenvalue weighted by molar-refractivity contribution is 6.00. The molecule has 0 bridgehead atoms. The molecule has 0 saturated carbocycles. The maximum Gasteiger partial charge on any atom is 0.324 e. The van der Waals surface area contributed by atoms with Gasteiger partial charge in [0, 0.05) is 50.0 Å². The lowest BCUT2D eigenvalue weighted by Gasteiger charge is -2.15. The molecule has 1 aromatic carbocycles. The molecule has 9 heteroatoms. The van der Waals surface area contributed by atoms with Gasteiger partial charge in [0.25, 0.3) is 5.56 Å². The average molecular weight is 491 g/mol. The van der Waals surface area contributed by atoms with Crippen molar-refractivity contribution in [3.8, 4) is 11.1 Å². The summed E-state index contributed by atoms with van der Waals surface area (Å²) in [4.78, 5) is 30.4. The van der Waals surface area contributed by atoms with Gasteiger partial charge in [-0.15, -0.1) is 0 Å². The average Bonchev–Trinajstić information content (AvgIpc) is 3.20. The van der Waals surface area contributed by atoms with Crippen molar-refractivity contribution in [2.45, 2.75) is 39.7 Å². The fourth-order valence-corrected chi connectivity index (χ4v) is 4.09. The molecule has 4 rings (SSSR count). The number of fused-ring (bicyclic) bond motifs is 1. The summed E-state index contributed by atoms with van der Waals surface area (Å²) in [5.74, 6) is 0.639. The molecule has 0 radical (unpaired) electrons. The third-order valence-electron chi connectivity index (χ3n) is 6.19. The Kier molecular flexibility index (Phi) is 6.58. The molecule has 3 N–H and O–H groups in total. The number of pyridine rings is 2. The predicted molar refractivity (Wildman–Crippen MR) is 143 cm³/mol. The van der Waals surface area contributed by atoms with Gasteiger partial charge in [-0.25, -0.2) is 14.2 Å². The van der Waals surface area contributed by atoms with Crippen LogP contribution in [0.3, 0.4) is 0 Å². The highest BCUT2D eigenvalue weighted by Gasteiger charge is 2.19. The van der Waals surface area contributed by atoms with E-state index in [1.54, 1.807) is 23.9 Å². The SMILES string of the molecule is CCn1c(=O)c(-c2ccc(F)c(NC(=O)Nc3cc(C(C)(C)C)cn3C)c2)cc2cnc(NC)cc21. The molecule has 0 aliphatic rings. The summed E-state index contributed by atoms with van der Waals surface area (Å²) in [5, 5.41) is 9.10. The second-order valence-corrected chi connectivity index (χ2v) is 9.73. The summed E-state index contributed by atoms with van der Waals surface area (Å²) < 4.78 is 18.1. The highest BCUT2D eigenvalue weighted by atomic mass is 19.1. The van der Waals surface area contributed by atoms with Gasteiger partial charge >= 0.3 is 6.03 Å². The zero-order valence-electron chi connectivity index (χ0n) is 21.4. The molecule has 0 aliphatic heterocycles. The zero-order valence-corrected chi connectivity index (χ0v) is 21.4. The molecule has 188 valence electrons. The first-order valence-corrected chi connectivity index (χ1v) is 11.8. The van der Waals surface area contributed by atoms with Crippen LogP contribution in [-0.4, -0.2) is 27.2 Å².